The zero-order valence-electron chi connectivity index (χ0n) is 12.0. The van der Waals surface area contributed by atoms with Gasteiger partial charge in [0.2, 0.25) is 10.0 Å². The first kappa shape index (κ1) is 17.4. The van der Waals surface area contributed by atoms with E-state index in [9.17, 15) is 8.42 Å². The summed E-state index contributed by atoms with van der Waals surface area (Å²) < 4.78 is 31.1. The van der Waals surface area contributed by atoms with E-state index in [1.54, 1.807) is 0 Å². The molecule has 0 aliphatic carbocycles. The maximum atomic E-state index is 12.5. The number of benzene rings is 1. The lowest BCUT2D eigenvalue weighted by atomic mass is 10.2. The number of nitrogens with one attached hydrogen (secondary N) is 1. The van der Waals surface area contributed by atoms with Gasteiger partial charge >= 0.3 is 0 Å². The lowest BCUT2D eigenvalue weighted by molar-refractivity contribution is 0.185. The number of hydrogen-bond acceptors (Lipinski definition) is 6. The maximum Gasteiger partial charge on any atom is 0.244 e. The van der Waals surface area contributed by atoms with E-state index >= 15 is 0 Å². The molecule has 0 atom stereocenters. The summed E-state index contributed by atoms with van der Waals surface area (Å²) in [5.74, 6) is 0. The number of ether oxygens (including phenoxy) is 1. The summed E-state index contributed by atoms with van der Waals surface area (Å²) in [5, 5.41) is 20.6. The summed E-state index contributed by atoms with van der Waals surface area (Å²) in [6.45, 7) is 0.554. The minimum atomic E-state index is -3.70. The molecule has 116 valence electrons. The summed E-state index contributed by atoms with van der Waals surface area (Å²) in [7, 11) is -0.740. The fourth-order valence-electron chi connectivity index (χ4n) is 1.66. The van der Waals surface area contributed by atoms with E-state index in [1.165, 1.54) is 36.7 Å². The molecule has 2 N–H and O–H groups in total. The second-order valence-electron chi connectivity index (χ2n) is 4.29. The molecule has 7 nitrogen and oxygen atoms in total. The topological polar surface area (TPSA) is 103 Å². The summed E-state index contributed by atoms with van der Waals surface area (Å²) >= 11 is 0. The standard InChI is InChI=1S/C13H19N3O4S/c1-16(6-8-20-2)21(18,19)13-4-3-11(10-14)9-12(13)15-5-7-17/h3-4,9,15,17H,5-8H2,1-2H3. The first-order valence-electron chi connectivity index (χ1n) is 6.31. The van der Waals surface area contributed by atoms with Crippen LogP contribution in [0.2, 0.25) is 0 Å². The fraction of sp³-hybridized carbons (Fsp3) is 0.462. The Balaban J connectivity index is 3.18. The minimum Gasteiger partial charge on any atom is -0.395 e. The van der Waals surface area contributed by atoms with Gasteiger partial charge in [0.1, 0.15) is 4.90 Å². The Morgan fingerprint density at radius 1 is 1.48 bits per heavy atom. The predicted octanol–water partition coefficient (Wildman–Crippen LogP) is 0.229. The number of rotatable bonds is 8. The van der Waals surface area contributed by atoms with Gasteiger partial charge in [0.15, 0.2) is 0 Å². The van der Waals surface area contributed by atoms with Gasteiger partial charge in [0.25, 0.3) is 0 Å². The molecule has 0 amide bonds. The molecule has 8 heteroatoms. The van der Waals surface area contributed by atoms with Crippen LogP contribution in [0.3, 0.4) is 0 Å². The van der Waals surface area contributed by atoms with Crippen LogP contribution in [0.4, 0.5) is 5.69 Å². The van der Waals surface area contributed by atoms with Gasteiger partial charge in [-0.3, -0.25) is 0 Å². The fourth-order valence-corrected chi connectivity index (χ4v) is 2.96. The Morgan fingerprint density at radius 3 is 2.76 bits per heavy atom. The average Bonchev–Trinajstić information content (AvgIpc) is 2.49. The number of aliphatic hydroxyl groups is 1. The van der Waals surface area contributed by atoms with Gasteiger partial charge in [0.05, 0.1) is 30.5 Å². The van der Waals surface area contributed by atoms with E-state index < -0.39 is 10.0 Å². The van der Waals surface area contributed by atoms with Crippen LogP contribution in [-0.4, -0.2) is 58.3 Å². The van der Waals surface area contributed by atoms with Crippen LogP contribution in [-0.2, 0) is 14.8 Å². The molecule has 1 aromatic rings. The third-order valence-corrected chi connectivity index (χ3v) is 4.75. The van der Waals surface area contributed by atoms with Crippen LogP contribution in [0, 0.1) is 11.3 Å². The molecule has 0 saturated heterocycles. The molecule has 21 heavy (non-hydrogen) atoms. The summed E-state index contributed by atoms with van der Waals surface area (Å²) in [4.78, 5) is 0.0635. The number of anilines is 1. The maximum absolute atomic E-state index is 12.5. The Morgan fingerprint density at radius 2 is 2.19 bits per heavy atom. The van der Waals surface area contributed by atoms with Crippen LogP contribution in [0.1, 0.15) is 5.56 Å². The van der Waals surface area contributed by atoms with Crippen molar-refractivity contribution in [3.8, 4) is 6.07 Å². The Labute approximate surface area is 124 Å². The molecular formula is C13H19N3O4S. The highest BCUT2D eigenvalue weighted by molar-refractivity contribution is 7.89. The van der Waals surface area contributed by atoms with Crippen LogP contribution in [0.25, 0.3) is 0 Å². The molecule has 0 aromatic heterocycles. The highest BCUT2D eigenvalue weighted by atomic mass is 32.2. The predicted molar refractivity (Wildman–Crippen MR) is 78.4 cm³/mol. The number of likely N-dealkylation sites (N-methyl/N-ethyl adjacent to an activating group) is 1. The molecule has 0 bridgehead atoms. The van der Waals surface area contributed by atoms with Gasteiger partial charge in [0, 0.05) is 27.2 Å². The second kappa shape index (κ2) is 7.95. The molecule has 0 spiro atoms. The summed E-state index contributed by atoms with van der Waals surface area (Å²) in [6, 6.07) is 6.24. The van der Waals surface area contributed by atoms with Crippen LogP contribution in [0.5, 0.6) is 0 Å². The molecule has 0 radical (unpaired) electrons. The molecule has 0 heterocycles. The van der Waals surface area contributed by atoms with Crippen LogP contribution in [0.15, 0.2) is 23.1 Å². The Bertz CT molecular complexity index is 610. The first-order chi connectivity index (χ1) is 9.97. The van der Waals surface area contributed by atoms with Crippen molar-refractivity contribution in [2.75, 3.05) is 45.8 Å². The average molecular weight is 313 g/mol. The molecule has 1 aromatic carbocycles. The molecule has 0 saturated carbocycles. The van der Waals surface area contributed by atoms with Crippen molar-refractivity contribution in [2.24, 2.45) is 0 Å². The molecule has 0 aliphatic rings. The van der Waals surface area contributed by atoms with Crippen LogP contribution >= 0.6 is 0 Å². The third kappa shape index (κ3) is 4.41. The zero-order valence-corrected chi connectivity index (χ0v) is 12.9. The van der Waals surface area contributed by atoms with Crippen molar-refractivity contribution in [1.29, 1.82) is 5.26 Å². The van der Waals surface area contributed by atoms with Crippen molar-refractivity contribution < 1.29 is 18.3 Å². The quantitative estimate of drug-likeness (QED) is 0.712. The molecule has 1 rings (SSSR count). The van der Waals surface area contributed by atoms with Crippen molar-refractivity contribution >= 4 is 15.7 Å². The van der Waals surface area contributed by atoms with Gasteiger partial charge in [-0.2, -0.15) is 9.57 Å². The molecule has 0 fully saturated rings. The highest BCUT2D eigenvalue weighted by Gasteiger charge is 2.24. The normalized spacial score (nSPS) is 11.4. The van der Waals surface area contributed by atoms with Crippen molar-refractivity contribution in [1.82, 2.24) is 4.31 Å². The van der Waals surface area contributed by atoms with Gasteiger partial charge < -0.3 is 15.2 Å². The summed E-state index contributed by atoms with van der Waals surface area (Å²) in [6.07, 6.45) is 0. The van der Waals surface area contributed by atoms with Gasteiger partial charge in [-0.15, -0.1) is 0 Å². The Hall–Kier alpha value is -1.66. The van der Waals surface area contributed by atoms with E-state index in [4.69, 9.17) is 15.1 Å². The number of nitrogens with zero attached hydrogens (tertiary/aromatic N) is 2. The zero-order chi connectivity index (χ0) is 15.9. The van der Waals surface area contributed by atoms with Gasteiger partial charge in [-0.05, 0) is 18.2 Å². The van der Waals surface area contributed by atoms with Crippen molar-refractivity contribution in [2.45, 2.75) is 4.90 Å². The molecule has 0 unspecified atom stereocenters. The van der Waals surface area contributed by atoms with Crippen molar-refractivity contribution in [3.05, 3.63) is 23.8 Å². The monoisotopic (exact) mass is 313 g/mol. The number of hydrogen-bond donors (Lipinski definition) is 2. The first-order valence-corrected chi connectivity index (χ1v) is 7.75. The molecular weight excluding hydrogens is 294 g/mol. The lowest BCUT2D eigenvalue weighted by Crippen LogP contribution is -2.30. The van der Waals surface area contributed by atoms with Gasteiger partial charge in [-0.25, -0.2) is 8.42 Å². The highest BCUT2D eigenvalue weighted by Crippen LogP contribution is 2.25. The number of nitriles is 1. The smallest absolute Gasteiger partial charge is 0.244 e. The summed E-state index contributed by atoms with van der Waals surface area (Å²) in [5.41, 5.74) is 0.640. The minimum absolute atomic E-state index is 0.0635. The second-order valence-corrected chi connectivity index (χ2v) is 6.31. The van der Waals surface area contributed by atoms with Gasteiger partial charge in [-0.1, -0.05) is 0 Å². The SMILES string of the molecule is COCCN(C)S(=O)(=O)c1ccc(C#N)cc1NCCO. The largest absolute Gasteiger partial charge is 0.395 e. The van der Waals surface area contributed by atoms with Crippen LogP contribution < -0.4 is 5.32 Å². The van der Waals surface area contributed by atoms with Crippen molar-refractivity contribution in [3.63, 3.8) is 0 Å². The van der Waals surface area contributed by atoms with E-state index in [1.807, 2.05) is 6.07 Å². The van der Waals surface area contributed by atoms with E-state index in [0.717, 1.165) is 0 Å². The third-order valence-electron chi connectivity index (χ3n) is 2.83. The molecule has 0 aliphatic heterocycles. The lowest BCUT2D eigenvalue weighted by Gasteiger charge is -2.19. The number of sulfonamides is 1. The Kier molecular flexibility index (Phi) is 6.58. The number of methoxy groups -OCH3 is 1. The number of aliphatic hydroxyl groups excluding tert-OH is 1. The van der Waals surface area contributed by atoms with E-state index in [-0.39, 0.29) is 31.2 Å². The van der Waals surface area contributed by atoms with E-state index in [0.29, 0.717) is 11.3 Å². The van der Waals surface area contributed by atoms with E-state index in [2.05, 4.69) is 5.32 Å².